The second-order valence-electron chi connectivity index (χ2n) is 6.94. The van der Waals surface area contributed by atoms with Crippen LogP contribution < -0.4 is 5.32 Å². The lowest BCUT2D eigenvalue weighted by molar-refractivity contribution is -0.138. The van der Waals surface area contributed by atoms with Gasteiger partial charge in [0.05, 0.1) is 11.8 Å². The first kappa shape index (κ1) is 20.7. The summed E-state index contributed by atoms with van der Waals surface area (Å²) in [6, 6.07) is 8.37. The third kappa shape index (κ3) is 4.89. The molecule has 0 unspecified atom stereocenters. The molecule has 0 saturated carbocycles. The second kappa shape index (κ2) is 9.00. The molecule has 0 bridgehead atoms. The van der Waals surface area contributed by atoms with Gasteiger partial charge >= 0.3 is 5.97 Å². The van der Waals surface area contributed by atoms with Crippen molar-refractivity contribution in [3.05, 3.63) is 41.0 Å². The highest BCUT2D eigenvalue weighted by Crippen LogP contribution is 2.40. The molecule has 1 aromatic carbocycles. The Morgan fingerprint density at radius 2 is 1.86 bits per heavy atom. The van der Waals surface area contributed by atoms with Gasteiger partial charge in [0.25, 0.3) is 0 Å². The van der Waals surface area contributed by atoms with Crippen molar-refractivity contribution in [2.45, 2.75) is 26.7 Å². The van der Waals surface area contributed by atoms with Crippen LogP contribution in [0.5, 0.6) is 0 Å². The molecule has 0 aliphatic carbocycles. The molecule has 0 aliphatic rings. The van der Waals surface area contributed by atoms with Crippen LogP contribution in [0, 0.1) is 13.8 Å². The molecular weight excluding hydrogens is 388 g/mol. The molecule has 8 heteroatoms. The number of nitrogens with zero attached hydrogens (tertiary/aromatic N) is 3. The summed E-state index contributed by atoms with van der Waals surface area (Å²) in [6.07, 6.45) is 1.72. The van der Waals surface area contributed by atoms with E-state index in [2.05, 4.69) is 53.4 Å². The molecule has 0 saturated heterocycles. The van der Waals surface area contributed by atoms with E-state index in [9.17, 15) is 9.59 Å². The molecule has 2 aromatic heterocycles. The van der Waals surface area contributed by atoms with Crippen molar-refractivity contribution in [3.8, 4) is 11.1 Å². The van der Waals surface area contributed by atoms with Crippen molar-refractivity contribution >= 4 is 39.2 Å². The molecular formula is C21H24N4O3S. The summed E-state index contributed by atoms with van der Waals surface area (Å²) < 4.78 is 0. The number of carboxylic acid groups (broad SMARTS) is 1. The number of fused-ring (bicyclic) bond motifs is 1. The zero-order chi connectivity index (χ0) is 21.0. The Bertz CT molecular complexity index is 1030. The third-order valence-corrected chi connectivity index (χ3v) is 5.74. The fraction of sp³-hybridized carbons (Fsp3) is 0.333. The van der Waals surface area contributed by atoms with Gasteiger partial charge in [0, 0.05) is 37.0 Å². The number of aliphatic carboxylic acids is 1. The van der Waals surface area contributed by atoms with E-state index in [1.807, 2.05) is 0 Å². The van der Waals surface area contributed by atoms with Crippen LogP contribution in [0.1, 0.15) is 23.3 Å². The van der Waals surface area contributed by atoms with Gasteiger partial charge in [-0.25, -0.2) is 9.97 Å². The molecule has 0 atom stereocenters. The summed E-state index contributed by atoms with van der Waals surface area (Å²) >= 11 is 1.62. The van der Waals surface area contributed by atoms with Crippen LogP contribution in [0.4, 0.5) is 5.82 Å². The number of aryl methyl sites for hydroxylation is 2. The van der Waals surface area contributed by atoms with Gasteiger partial charge in [-0.1, -0.05) is 29.8 Å². The second-order valence-corrected chi connectivity index (χ2v) is 8.14. The van der Waals surface area contributed by atoms with Crippen molar-refractivity contribution in [2.75, 3.05) is 25.5 Å². The van der Waals surface area contributed by atoms with Gasteiger partial charge in [0.2, 0.25) is 5.91 Å². The van der Waals surface area contributed by atoms with Gasteiger partial charge in [-0.2, -0.15) is 0 Å². The summed E-state index contributed by atoms with van der Waals surface area (Å²) in [5.41, 5.74) is 3.42. The number of anilines is 1. The first-order valence-electron chi connectivity index (χ1n) is 9.37. The molecule has 1 amide bonds. The predicted octanol–water partition coefficient (Wildman–Crippen LogP) is 3.71. The first-order chi connectivity index (χ1) is 13.9. The van der Waals surface area contributed by atoms with Crippen LogP contribution in [-0.4, -0.2) is 52.0 Å². The van der Waals surface area contributed by atoms with Crippen LogP contribution in [0.2, 0.25) is 0 Å². The SMILES string of the molecule is Cc1ccc(-c2c(C)sc3ncnc(NCCC(=O)N(C)CCC(=O)O)c23)cc1. The lowest BCUT2D eigenvalue weighted by Gasteiger charge is -2.16. The molecule has 0 fully saturated rings. The summed E-state index contributed by atoms with van der Waals surface area (Å²) in [5.74, 6) is -0.317. The topological polar surface area (TPSA) is 95.4 Å². The Kier molecular flexibility index (Phi) is 6.43. The molecule has 2 heterocycles. The number of amides is 1. The van der Waals surface area contributed by atoms with Crippen molar-refractivity contribution in [2.24, 2.45) is 0 Å². The number of thiophene rings is 1. The highest BCUT2D eigenvalue weighted by Gasteiger charge is 2.17. The maximum absolute atomic E-state index is 12.2. The van der Waals surface area contributed by atoms with Crippen molar-refractivity contribution in [1.29, 1.82) is 0 Å². The van der Waals surface area contributed by atoms with Gasteiger partial charge in [0.1, 0.15) is 17.0 Å². The molecule has 29 heavy (non-hydrogen) atoms. The Balaban J connectivity index is 1.77. The fourth-order valence-electron chi connectivity index (χ4n) is 3.11. The Morgan fingerprint density at radius 1 is 1.14 bits per heavy atom. The number of nitrogens with one attached hydrogen (secondary N) is 1. The first-order valence-corrected chi connectivity index (χ1v) is 10.2. The van der Waals surface area contributed by atoms with E-state index in [1.165, 1.54) is 16.8 Å². The average Bonchev–Trinajstić information content (AvgIpc) is 3.03. The number of hydrogen-bond donors (Lipinski definition) is 2. The van der Waals surface area contributed by atoms with E-state index in [-0.39, 0.29) is 25.3 Å². The van der Waals surface area contributed by atoms with Gasteiger partial charge in [-0.15, -0.1) is 11.3 Å². The summed E-state index contributed by atoms with van der Waals surface area (Å²) in [6.45, 7) is 4.74. The largest absolute Gasteiger partial charge is 0.481 e. The van der Waals surface area contributed by atoms with E-state index in [0.29, 0.717) is 12.4 Å². The smallest absolute Gasteiger partial charge is 0.305 e. The quantitative estimate of drug-likeness (QED) is 0.586. The number of carbonyl (C=O) groups is 2. The molecule has 7 nitrogen and oxygen atoms in total. The fourth-order valence-corrected chi connectivity index (χ4v) is 4.13. The minimum absolute atomic E-state index is 0.0592. The number of benzene rings is 1. The Morgan fingerprint density at radius 3 is 2.55 bits per heavy atom. The normalized spacial score (nSPS) is 10.9. The van der Waals surface area contributed by atoms with E-state index in [1.54, 1.807) is 18.4 Å². The minimum atomic E-state index is -0.914. The van der Waals surface area contributed by atoms with Gasteiger partial charge < -0.3 is 15.3 Å². The van der Waals surface area contributed by atoms with Crippen molar-refractivity contribution < 1.29 is 14.7 Å². The minimum Gasteiger partial charge on any atom is -0.481 e. The van der Waals surface area contributed by atoms with E-state index in [4.69, 9.17) is 5.11 Å². The zero-order valence-corrected chi connectivity index (χ0v) is 17.5. The number of carbonyl (C=O) groups excluding carboxylic acids is 1. The van der Waals surface area contributed by atoms with E-state index in [0.717, 1.165) is 26.2 Å². The monoisotopic (exact) mass is 412 g/mol. The van der Waals surface area contributed by atoms with Crippen LogP contribution >= 0.6 is 11.3 Å². The molecule has 152 valence electrons. The lowest BCUT2D eigenvalue weighted by atomic mass is 10.0. The Hall–Kier alpha value is -3.00. The van der Waals surface area contributed by atoms with Crippen LogP contribution in [0.25, 0.3) is 21.3 Å². The summed E-state index contributed by atoms with van der Waals surface area (Å²) in [5, 5.41) is 13.0. The number of hydrogen-bond acceptors (Lipinski definition) is 6. The molecule has 2 N–H and O–H groups in total. The summed E-state index contributed by atoms with van der Waals surface area (Å²) in [7, 11) is 1.62. The van der Waals surface area contributed by atoms with E-state index < -0.39 is 5.97 Å². The molecule has 3 rings (SSSR count). The van der Waals surface area contributed by atoms with Crippen LogP contribution in [0.3, 0.4) is 0 Å². The lowest BCUT2D eigenvalue weighted by Crippen LogP contribution is -2.30. The highest BCUT2D eigenvalue weighted by atomic mass is 32.1. The number of carboxylic acids is 1. The summed E-state index contributed by atoms with van der Waals surface area (Å²) in [4.78, 5) is 35.2. The number of aromatic nitrogens is 2. The highest BCUT2D eigenvalue weighted by molar-refractivity contribution is 7.19. The molecule has 3 aromatic rings. The Labute approximate surface area is 173 Å². The molecule has 0 aliphatic heterocycles. The maximum atomic E-state index is 12.2. The van der Waals surface area contributed by atoms with Gasteiger partial charge in [-0.05, 0) is 19.4 Å². The third-order valence-electron chi connectivity index (χ3n) is 4.72. The van der Waals surface area contributed by atoms with Crippen LogP contribution in [-0.2, 0) is 9.59 Å². The van der Waals surface area contributed by atoms with Crippen LogP contribution in [0.15, 0.2) is 30.6 Å². The van der Waals surface area contributed by atoms with Crippen molar-refractivity contribution in [3.63, 3.8) is 0 Å². The van der Waals surface area contributed by atoms with Gasteiger partial charge in [0.15, 0.2) is 0 Å². The molecule has 0 spiro atoms. The number of rotatable bonds is 8. The van der Waals surface area contributed by atoms with E-state index >= 15 is 0 Å². The average molecular weight is 413 g/mol. The van der Waals surface area contributed by atoms with Crippen molar-refractivity contribution in [1.82, 2.24) is 14.9 Å². The zero-order valence-electron chi connectivity index (χ0n) is 16.7. The predicted molar refractivity (Wildman–Crippen MR) is 115 cm³/mol. The standard InChI is InChI=1S/C21H24N4O3S/c1-13-4-6-15(7-5-13)18-14(2)29-21-19(18)20(23-12-24-21)22-10-8-16(26)25(3)11-9-17(27)28/h4-7,12H,8-11H2,1-3H3,(H,27,28)(H,22,23,24). The maximum Gasteiger partial charge on any atom is 0.305 e. The van der Waals surface area contributed by atoms with Gasteiger partial charge in [-0.3, -0.25) is 9.59 Å². The molecule has 0 radical (unpaired) electrons.